The highest BCUT2D eigenvalue weighted by Crippen LogP contribution is 2.31. The van der Waals surface area contributed by atoms with Crippen molar-refractivity contribution in [3.8, 4) is 11.3 Å². The zero-order valence-corrected chi connectivity index (χ0v) is 17.1. The van der Waals surface area contributed by atoms with Crippen LogP contribution in [0.2, 0.25) is 5.15 Å². The molecule has 0 saturated carbocycles. The molecule has 0 amide bonds. The summed E-state index contributed by atoms with van der Waals surface area (Å²) < 4.78 is 5.71. The van der Waals surface area contributed by atoms with E-state index in [1.807, 2.05) is 0 Å². The van der Waals surface area contributed by atoms with E-state index in [1.165, 1.54) is 6.07 Å². The molecule has 0 saturated heterocycles. The molecule has 1 aromatic heterocycles. The zero-order valence-electron chi connectivity index (χ0n) is 16.3. The number of non-ortho nitro benzene ring substituents is 1. The fraction of sp³-hybridized carbons (Fsp3) is 0.333. The zero-order chi connectivity index (χ0) is 22.6. The monoisotopic (exact) mass is 438 g/mol. The van der Waals surface area contributed by atoms with Crippen LogP contribution in [0.1, 0.15) is 31.1 Å². The van der Waals surface area contributed by atoms with Gasteiger partial charge in [-0.05, 0) is 26.8 Å². The van der Waals surface area contributed by atoms with Gasteiger partial charge in [0.05, 0.1) is 22.8 Å². The first-order chi connectivity index (χ1) is 14.0. The number of hydrogen-bond donors (Lipinski definition) is 2. The molecule has 0 spiro atoms. The van der Waals surface area contributed by atoms with Gasteiger partial charge in [-0.1, -0.05) is 11.6 Å². The molecule has 0 atom stereocenters. The summed E-state index contributed by atoms with van der Waals surface area (Å²) in [6.45, 7) is 4.33. The third-order valence-electron chi connectivity index (χ3n) is 3.75. The number of benzene rings is 1. The molecule has 0 fully saturated rings. The van der Waals surface area contributed by atoms with Crippen molar-refractivity contribution in [1.29, 1.82) is 0 Å². The van der Waals surface area contributed by atoms with Gasteiger partial charge in [-0.3, -0.25) is 24.3 Å². The Kier molecular flexibility index (Phi) is 7.11. The van der Waals surface area contributed by atoms with Crippen molar-refractivity contribution in [2.45, 2.75) is 33.4 Å². The van der Waals surface area contributed by atoms with Crippen LogP contribution in [0.5, 0.6) is 0 Å². The van der Waals surface area contributed by atoms with E-state index in [4.69, 9.17) is 16.3 Å². The van der Waals surface area contributed by atoms with Gasteiger partial charge < -0.3 is 15.2 Å². The van der Waals surface area contributed by atoms with Gasteiger partial charge in [-0.2, -0.15) is 0 Å². The molecule has 160 valence electrons. The smallest absolute Gasteiger partial charge is 0.338 e. The van der Waals surface area contributed by atoms with Gasteiger partial charge >= 0.3 is 11.9 Å². The minimum atomic E-state index is -1.34. The number of nitrogens with zero attached hydrogens (tertiary/aromatic N) is 3. The number of halogens is 1. The normalized spacial score (nSPS) is 10.7. The quantitative estimate of drug-likeness (QED) is 0.359. The molecular formula is C18H19ClN4O7. The molecule has 2 N–H and O–H groups in total. The highest BCUT2D eigenvalue weighted by Gasteiger charge is 2.23. The van der Waals surface area contributed by atoms with Crippen LogP contribution in [-0.2, 0) is 16.1 Å². The summed E-state index contributed by atoms with van der Waals surface area (Å²) in [6.07, 6.45) is 0. The Bertz CT molecular complexity index is 1070. The highest BCUT2D eigenvalue weighted by molar-refractivity contribution is 6.32. The molecule has 12 heteroatoms. The summed E-state index contributed by atoms with van der Waals surface area (Å²) in [6, 6.07) is 3.11. The van der Waals surface area contributed by atoms with Crippen LogP contribution in [0, 0.1) is 10.1 Å². The number of esters is 1. The fourth-order valence-corrected chi connectivity index (χ4v) is 2.95. The lowest BCUT2D eigenvalue weighted by Crippen LogP contribution is -2.31. The van der Waals surface area contributed by atoms with Gasteiger partial charge in [0.2, 0.25) is 0 Å². The Balaban J connectivity index is 2.83. The van der Waals surface area contributed by atoms with E-state index in [-0.39, 0.29) is 40.4 Å². The number of rotatable bonds is 8. The lowest BCUT2D eigenvalue weighted by Gasteiger charge is -2.17. The SMILES string of the molecule is CCOC(=O)c1cc(-c2c(Cl)nc(NC(C)C)c(=O)n2CC(=O)O)cc([N+](=O)[O-])c1. The predicted molar refractivity (Wildman–Crippen MR) is 108 cm³/mol. The number of nitro groups is 1. The van der Waals surface area contributed by atoms with Crippen LogP contribution in [0.4, 0.5) is 11.5 Å². The number of anilines is 1. The number of hydrogen-bond acceptors (Lipinski definition) is 8. The van der Waals surface area contributed by atoms with E-state index in [0.29, 0.717) is 0 Å². The second-order valence-electron chi connectivity index (χ2n) is 6.43. The van der Waals surface area contributed by atoms with E-state index in [1.54, 1.807) is 20.8 Å². The van der Waals surface area contributed by atoms with Crippen LogP contribution in [0.25, 0.3) is 11.3 Å². The number of aliphatic carboxylic acids is 1. The molecule has 2 aromatic rings. The van der Waals surface area contributed by atoms with Gasteiger partial charge in [-0.15, -0.1) is 0 Å². The van der Waals surface area contributed by atoms with E-state index < -0.39 is 34.7 Å². The first-order valence-electron chi connectivity index (χ1n) is 8.80. The Labute approximate surface area is 175 Å². The van der Waals surface area contributed by atoms with Gasteiger partial charge in [0.1, 0.15) is 6.54 Å². The number of aromatic nitrogens is 2. The van der Waals surface area contributed by atoms with E-state index in [2.05, 4.69) is 10.3 Å². The topological polar surface area (TPSA) is 154 Å². The summed E-state index contributed by atoms with van der Waals surface area (Å²) in [4.78, 5) is 50.9. The van der Waals surface area contributed by atoms with E-state index in [9.17, 15) is 29.6 Å². The van der Waals surface area contributed by atoms with Crippen LogP contribution in [-0.4, -0.2) is 44.2 Å². The van der Waals surface area contributed by atoms with Crippen LogP contribution >= 0.6 is 11.6 Å². The van der Waals surface area contributed by atoms with E-state index >= 15 is 0 Å². The third-order valence-corrected chi connectivity index (χ3v) is 4.02. The predicted octanol–water partition coefficient (Wildman–Crippen LogP) is 2.55. The number of nitrogens with one attached hydrogen (secondary N) is 1. The molecule has 30 heavy (non-hydrogen) atoms. The molecule has 0 unspecified atom stereocenters. The molecule has 0 bridgehead atoms. The summed E-state index contributed by atoms with van der Waals surface area (Å²) in [5.41, 5.74) is -1.61. The lowest BCUT2D eigenvalue weighted by molar-refractivity contribution is -0.384. The number of carbonyl (C=O) groups is 2. The Morgan fingerprint density at radius 3 is 2.57 bits per heavy atom. The average molecular weight is 439 g/mol. The second kappa shape index (κ2) is 9.35. The summed E-state index contributed by atoms with van der Waals surface area (Å²) in [5, 5.41) is 23.1. The van der Waals surface area contributed by atoms with Crippen molar-refractivity contribution in [1.82, 2.24) is 9.55 Å². The first-order valence-corrected chi connectivity index (χ1v) is 9.18. The summed E-state index contributed by atoms with van der Waals surface area (Å²) in [5.74, 6) is -2.33. The van der Waals surface area contributed by atoms with Crippen LogP contribution in [0.3, 0.4) is 0 Å². The first kappa shape index (κ1) is 22.8. The molecule has 0 radical (unpaired) electrons. The molecular weight excluding hydrogens is 420 g/mol. The molecule has 11 nitrogen and oxygen atoms in total. The highest BCUT2D eigenvalue weighted by atomic mass is 35.5. The maximum Gasteiger partial charge on any atom is 0.338 e. The van der Waals surface area contributed by atoms with Crippen molar-refractivity contribution in [2.75, 3.05) is 11.9 Å². The van der Waals surface area contributed by atoms with E-state index in [0.717, 1.165) is 16.7 Å². The van der Waals surface area contributed by atoms with Crippen molar-refractivity contribution in [3.05, 3.63) is 49.4 Å². The largest absolute Gasteiger partial charge is 0.480 e. The standard InChI is InChI=1S/C18H19ClN4O7/c1-4-30-18(27)11-5-10(6-12(7-11)23(28)29)14-15(19)21-16(20-9(2)3)17(26)22(14)8-13(24)25/h5-7,9H,4,8H2,1-3H3,(H,20,21)(H,24,25). The fourth-order valence-electron chi connectivity index (χ4n) is 2.65. The molecule has 0 aliphatic heterocycles. The molecule has 0 aliphatic carbocycles. The summed E-state index contributed by atoms with van der Waals surface area (Å²) in [7, 11) is 0. The molecule has 1 aromatic carbocycles. The average Bonchev–Trinajstić information content (AvgIpc) is 2.64. The van der Waals surface area contributed by atoms with Gasteiger partial charge in [0.15, 0.2) is 11.0 Å². The molecule has 0 aliphatic rings. The summed E-state index contributed by atoms with van der Waals surface area (Å²) >= 11 is 6.24. The lowest BCUT2D eigenvalue weighted by atomic mass is 10.1. The van der Waals surface area contributed by atoms with Gasteiger partial charge in [-0.25, -0.2) is 9.78 Å². The van der Waals surface area contributed by atoms with Crippen LogP contribution in [0.15, 0.2) is 23.0 Å². The number of carboxylic acids is 1. The maximum atomic E-state index is 12.8. The van der Waals surface area contributed by atoms with Gasteiger partial charge in [0.25, 0.3) is 11.2 Å². The third kappa shape index (κ3) is 5.11. The van der Waals surface area contributed by atoms with Crippen molar-refractivity contribution < 1.29 is 24.4 Å². The Morgan fingerprint density at radius 1 is 1.37 bits per heavy atom. The minimum Gasteiger partial charge on any atom is -0.480 e. The van der Waals surface area contributed by atoms with Gasteiger partial charge in [0, 0.05) is 23.7 Å². The number of ether oxygens (including phenoxy) is 1. The Morgan fingerprint density at radius 2 is 2.03 bits per heavy atom. The Hall–Kier alpha value is -3.47. The minimum absolute atomic E-state index is 0.0285. The molecule has 1 heterocycles. The maximum absolute atomic E-state index is 12.8. The van der Waals surface area contributed by atoms with Crippen molar-refractivity contribution in [2.24, 2.45) is 0 Å². The number of carboxylic acid groups (broad SMARTS) is 1. The van der Waals surface area contributed by atoms with Crippen LogP contribution < -0.4 is 10.9 Å². The van der Waals surface area contributed by atoms with Crippen molar-refractivity contribution in [3.63, 3.8) is 0 Å². The molecule has 2 rings (SSSR count). The second-order valence-corrected chi connectivity index (χ2v) is 6.79. The van der Waals surface area contributed by atoms with Crippen molar-refractivity contribution >= 4 is 35.0 Å². The number of nitro benzene ring substituents is 1. The number of carbonyl (C=O) groups excluding carboxylic acids is 1.